The molecule has 8 heteroatoms. The molecule has 120 valence electrons. The van der Waals surface area contributed by atoms with E-state index in [1.807, 2.05) is 0 Å². The molecule has 0 aromatic carbocycles. The Bertz CT molecular complexity index is 409. The van der Waals surface area contributed by atoms with Crippen molar-refractivity contribution in [3.63, 3.8) is 0 Å². The van der Waals surface area contributed by atoms with Gasteiger partial charge in [0.25, 0.3) is 0 Å². The molecular weight excluding hydrogens is 278 g/mol. The maximum atomic E-state index is 11.9. The summed E-state index contributed by atoms with van der Waals surface area (Å²) in [6.45, 7) is 6.05. The lowest BCUT2D eigenvalue weighted by Gasteiger charge is -2.21. The fourth-order valence-corrected chi connectivity index (χ4v) is 1.56. The van der Waals surface area contributed by atoms with Crippen LogP contribution < -0.4 is 16.0 Å². The second-order valence-corrected chi connectivity index (χ2v) is 4.95. The van der Waals surface area contributed by atoms with Crippen molar-refractivity contribution < 1.29 is 23.9 Å². The summed E-state index contributed by atoms with van der Waals surface area (Å²) in [6, 6.07) is -1.51. The van der Waals surface area contributed by atoms with Crippen LogP contribution in [0.1, 0.15) is 27.7 Å². The maximum absolute atomic E-state index is 11.9. The number of hydrogen-bond acceptors (Lipinski definition) is 5. The molecule has 0 bridgehead atoms. The number of esters is 1. The number of methoxy groups -OCH3 is 1. The van der Waals surface area contributed by atoms with Crippen LogP contribution in [0.2, 0.25) is 0 Å². The van der Waals surface area contributed by atoms with E-state index >= 15 is 0 Å². The minimum atomic E-state index is -0.796. The zero-order valence-electron chi connectivity index (χ0n) is 13.0. The molecule has 0 aliphatic heterocycles. The number of nitrogens with one attached hydrogen (secondary N) is 3. The predicted octanol–water partition coefficient (Wildman–Crippen LogP) is -1.06. The van der Waals surface area contributed by atoms with Gasteiger partial charge in [-0.2, -0.15) is 0 Å². The first-order valence-corrected chi connectivity index (χ1v) is 6.61. The zero-order valence-corrected chi connectivity index (χ0v) is 13.0. The number of amides is 3. The third kappa shape index (κ3) is 7.28. The summed E-state index contributed by atoms with van der Waals surface area (Å²) >= 11 is 0. The van der Waals surface area contributed by atoms with Crippen LogP contribution in [0.15, 0.2) is 0 Å². The summed E-state index contributed by atoms with van der Waals surface area (Å²) in [4.78, 5) is 45.6. The van der Waals surface area contributed by atoms with Crippen molar-refractivity contribution in [1.82, 2.24) is 16.0 Å². The smallest absolute Gasteiger partial charge is 0.328 e. The van der Waals surface area contributed by atoms with E-state index in [-0.39, 0.29) is 18.4 Å². The molecule has 0 spiro atoms. The minimum absolute atomic E-state index is 0.119. The van der Waals surface area contributed by atoms with Crippen molar-refractivity contribution in [2.24, 2.45) is 5.92 Å². The number of ether oxygens (including phenoxy) is 1. The van der Waals surface area contributed by atoms with Crippen LogP contribution in [0.3, 0.4) is 0 Å². The van der Waals surface area contributed by atoms with Gasteiger partial charge in [0.15, 0.2) is 0 Å². The van der Waals surface area contributed by atoms with Gasteiger partial charge >= 0.3 is 5.97 Å². The van der Waals surface area contributed by atoms with Crippen LogP contribution >= 0.6 is 0 Å². The Morgan fingerprint density at radius 3 is 2.05 bits per heavy atom. The third-order valence-electron chi connectivity index (χ3n) is 2.66. The van der Waals surface area contributed by atoms with Gasteiger partial charge in [-0.05, 0) is 12.8 Å². The molecule has 2 atom stereocenters. The Balaban J connectivity index is 4.36. The summed E-state index contributed by atoms with van der Waals surface area (Å²) < 4.78 is 4.46. The standard InChI is InChI=1S/C13H23N3O5/c1-7(2)11(16-9(4)17)12(19)14-6-10(18)15-8(3)13(20)21-5/h7-8,11H,6H2,1-5H3,(H,14,19)(H,15,18)(H,16,17)/t8-,11-/m0/s1. The molecule has 3 amide bonds. The number of carbonyl (C=O) groups excluding carboxylic acids is 4. The van der Waals surface area contributed by atoms with Crippen molar-refractivity contribution in [2.45, 2.75) is 39.8 Å². The number of hydrogen-bond donors (Lipinski definition) is 3. The number of carbonyl (C=O) groups is 4. The zero-order chi connectivity index (χ0) is 16.6. The lowest BCUT2D eigenvalue weighted by atomic mass is 10.0. The molecule has 21 heavy (non-hydrogen) atoms. The SMILES string of the molecule is COC(=O)[C@H](C)NC(=O)CNC(=O)[C@@H](NC(C)=O)C(C)C. The predicted molar refractivity (Wildman–Crippen MR) is 75.1 cm³/mol. The second kappa shape index (κ2) is 8.93. The average molecular weight is 301 g/mol. The van der Waals surface area contributed by atoms with E-state index in [0.717, 1.165) is 0 Å². The highest BCUT2D eigenvalue weighted by molar-refractivity contribution is 5.91. The van der Waals surface area contributed by atoms with Gasteiger partial charge in [0.05, 0.1) is 13.7 Å². The van der Waals surface area contributed by atoms with Gasteiger partial charge in [0.2, 0.25) is 17.7 Å². The van der Waals surface area contributed by atoms with Crippen molar-refractivity contribution >= 4 is 23.7 Å². The van der Waals surface area contributed by atoms with Crippen molar-refractivity contribution in [2.75, 3.05) is 13.7 Å². The summed E-state index contributed by atoms with van der Waals surface area (Å²) in [5.74, 6) is -2.00. The van der Waals surface area contributed by atoms with Crippen molar-refractivity contribution in [1.29, 1.82) is 0 Å². The molecule has 0 aromatic rings. The molecule has 0 aliphatic rings. The first-order chi connectivity index (χ1) is 9.68. The van der Waals surface area contributed by atoms with Gasteiger partial charge in [-0.1, -0.05) is 13.8 Å². The lowest BCUT2D eigenvalue weighted by molar-refractivity contribution is -0.144. The normalized spacial score (nSPS) is 13.0. The summed E-state index contributed by atoms with van der Waals surface area (Å²) in [6.07, 6.45) is 0. The molecule has 0 rings (SSSR count). The van der Waals surface area contributed by atoms with Crippen LogP contribution in [0.5, 0.6) is 0 Å². The average Bonchev–Trinajstić information content (AvgIpc) is 2.40. The van der Waals surface area contributed by atoms with E-state index < -0.39 is 29.9 Å². The minimum Gasteiger partial charge on any atom is -0.467 e. The molecule has 0 saturated carbocycles. The van der Waals surface area contributed by atoms with Gasteiger partial charge in [-0.15, -0.1) is 0 Å². The number of rotatable bonds is 7. The van der Waals surface area contributed by atoms with Gasteiger partial charge in [0.1, 0.15) is 12.1 Å². The van der Waals surface area contributed by atoms with Crippen LogP contribution in [0.25, 0.3) is 0 Å². The maximum Gasteiger partial charge on any atom is 0.328 e. The van der Waals surface area contributed by atoms with Gasteiger partial charge < -0.3 is 20.7 Å². The van der Waals surface area contributed by atoms with Crippen LogP contribution in [-0.4, -0.2) is 49.4 Å². The highest BCUT2D eigenvalue weighted by Gasteiger charge is 2.23. The van der Waals surface area contributed by atoms with Crippen molar-refractivity contribution in [3.8, 4) is 0 Å². The van der Waals surface area contributed by atoms with E-state index in [1.54, 1.807) is 13.8 Å². The van der Waals surface area contributed by atoms with Gasteiger partial charge in [-0.25, -0.2) is 4.79 Å². The van der Waals surface area contributed by atoms with E-state index in [1.165, 1.54) is 21.0 Å². The molecule has 0 aliphatic carbocycles. The Morgan fingerprint density at radius 1 is 1.05 bits per heavy atom. The third-order valence-corrected chi connectivity index (χ3v) is 2.66. The Kier molecular flexibility index (Phi) is 8.03. The summed E-state index contributed by atoms with van der Waals surface area (Å²) in [5.41, 5.74) is 0. The van der Waals surface area contributed by atoms with E-state index in [9.17, 15) is 19.2 Å². The molecule has 0 heterocycles. The van der Waals surface area contributed by atoms with Crippen LogP contribution in [0, 0.1) is 5.92 Å². The molecular formula is C13H23N3O5. The van der Waals surface area contributed by atoms with Gasteiger partial charge in [-0.3, -0.25) is 14.4 Å². The van der Waals surface area contributed by atoms with E-state index in [4.69, 9.17) is 0 Å². The second-order valence-electron chi connectivity index (χ2n) is 4.95. The Labute approximate surface area is 124 Å². The summed E-state index contributed by atoms with van der Waals surface area (Å²) in [7, 11) is 1.22. The molecule has 0 aromatic heterocycles. The lowest BCUT2D eigenvalue weighted by Crippen LogP contribution is -2.52. The Hall–Kier alpha value is -2.12. The van der Waals surface area contributed by atoms with Crippen LogP contribution in [-0.2, 0) is 23.9 Å². The Morgan fingerprint density at radius 2 is 1.62 bits per heavy atom. The molecule has 0 fully saturated rings. The highest BCUT2D eigenvalue weighted by Crippen LogP contribution is 2.01. The molecule has 0 unspecified atom stereocenters. The van der Waals surface area contributed by atoms with Crippen molar-refractivity contribution in [3.05, 3.63) is 0 Å². The fourth-order valence-electron chi connectivity index (χ4n) is 1.56. The van der Waals surface area contributed by atoms with E-state index in [0.29, 0.717) is 0 Å². The molecule has 0 radical (unpaired) electrons. The largest absolute Gasteiger partial charge is 0.467 e. The topological polar surface area (TPSA) is 114 Å². The fraction of sp³-hybridized carbons (Fsp3) is 0.692. The first-order valence-electron chi connectivity index (χ1n) is 6.61. The monoisotopic (exact) mass is 301 g/mol. The molecule has 3 N–H and O–H groups in total. The van der Waals surface area contributed by atoms with E-state index in [2.05, 4.69) is 20.7 Å². The summed E-state index contributed by atoms with van der Waals surface area (Å²) in [5, 5.41) is 7.31. The van der Waals surface area contributed by atoms with Gasteiger partial charge in [0, 0.05) is 6.92 Å². The highest BCUT2D eigenvalue weighted by atomic mass is 16.5. The van der Waals surface area contributed by atoms with Crippen LogP contribution in [0.4, 0.5) is 0 Å². The first kappa shape index (κ1) is 18.9. The molecule has 8 nitrogen and oxygen atoms in total. The quantitative estimate of drug-likeness (QED) is 0.519. The molecule has 0 saturated heterocycles.